The SMILES string of the molecule is CC(C)(C)NC(=O)c1ccccc1C[C@@H](O)[C@H](Cc1ccc2c(c1)CCCC2)NC(=O)c1cccc2c1CCNC2. The minimum absolute atomic E-state index is 0.162. The minimum atomic E-state index is -0.889. The third-order valence-electron chi connectivity index (χ3n) is 8.21. The summed E-state index contributed by atoms with van der Waals surface area (Å²) >= 11 is 0. The molecule has 0 saturated carbocycles. The average molecular weight is 554 g/mol. The van der Waals surface area contributed by atoms with Crippen molar-refractivity contribution < 1.29 is 14.7 Å². The molecule has 1 heterocycles. The first-order chi connectivity index (χ1) is 19.7. The van der Waals surface area contributed by atoms with Gasteiger partial charge < -0.3 is 21.1 Å². The van der Waals surface area contributed by atoms with E-state index in [0.29, 0.717) is 17.5 Å². The van der Waals surface area contributed by atoms with Crippen LogP contribution < -0.4 is 16.0 Å². The predicted molar refractivity (Wildman–Crippen MR) is 163 cm³/mol. The van der Waals surface area contributed by atoms with Crippen molar-refractivity contribution in [2.45, 2.75) is 89.9 Å². The highest BCUT2D eigenvalue weighted by Crippen LogP contribution is 2.25. The maximum Gasteiger partial charge on any atom is 0.251 e. The molecule has 216 valence electrons. The number of hydrogen-bond acceptors (Lipinski definition) is 4. The van der Waals surface area contributed by atoms with Crippen LogP contribution in [0.5, 0.6) is 0 Å². The third kappa shape index (κ3) is 7.24. The van der Waals surface area contributed by atoms with E-state index in [2.05, 4.69) is 40.2 Å². The van der Waals surface area contributed by atoms with Gasteiger partial charge in [0, 0.05) is 29.6 Å². The van der Waals surface area contributed by atoms with Crippen molar-refractivity contribution in [3.63, 3.8) is 0 Å². The van der Waals surface area contributed by atoms with E-state index in [-0.39, 0.29) is 23.8 Å². The van der Waals surface area contributed by atoms with E-state index in [1.54, 1.807) is 6.07 Å². The number of carbonyl (C=O) groups excluding carboxylic acids is 2. The van der Waals surface area contributed by atoms with Crippen molar-refractivity contribution in [2.24, 2.45) is 0 Å². The summed E-state index contributed by atoms with van der Waals surface area (Å²) in [6.45, 7) is 7.44. The Morgan fingerprint density at radius 3 is 2.41 bits per heavy atom. The maximum atomic E-state index is 13.7. The Bertz CT molecular complexity index is 1410. The molecule has 1 aliphatic carbocycles. The Hall–Kier alpha value is -3.48. The van der Waals surface area contributed by atoms with Crippen molar-refractivity contribution >= 4 is 11.8 Å². The van der Waals surface area contributed by atoms with Crippen LogP contribution in [0.15, 0.2) is 60.7 Å². The van der Waals surface area contributed by atoms with E-state index in [1.807, 2.05) is 51.1 Å². The number of hydrogen-bond donors (Lipinski definition) is 4. The summed E-state index contributed by atoms with van der Waals surface area (Å²) in [5.41, 5.74) is 7.72. The van der Waals surface area contributed by atoms with Gasteiger partial charge in [-0.15, -0.1) is 0 Å². The summed E-state index contributed by atoms with van der Waals surface area (Å²) in [4.78, 5) is 26.8. The van der Waals surface area contributed by atoms with Crippen LogP contribution in [0, 0.1) is 0 Å². The van der Waals surface area contributed by atoms with Crippen LogP contribution in [-0.2, 0) is 38.6 Å². The Morgan fingerprint density at radius 1 is 0.854 bits per heavy atom. The second-order valence-corrected chi connectivity index (χ2v) is 12.6. The fraction of sp³-hybridized carbons (Fsp3) is 0.429. The zero-order valence-corrected chi connectivity index (χ0v) is 24.6. The van der Waals surface area contributed by atoms with Gasteiger partial charge in [0.25, 0.3) is 11.8 Å². The number of carbonyl (C=O) groups is 2. The lowest BCUT2D eigenvalue weighted by atomic mass is 9.88. The molecule has 3 aromatic carbocycles. The molecule has 2 atom stereocenters. The molecule has 6 nitrogen and oxygen atoms in total. The number of aliphatic hydroxyl groups excluding tert-OH is 1. The van der Waals surface area contributed by atoms with Gasteiger partial charge in [0.15, 0.2) is 0 Å². The number of amides is 2. The number of nitrogens with one attached hydrogen (secondary N) is 3. The van der Waals surface area contributed by atoms with Gasteiger partial charge in [-0.1, -0.05) is 48.5 Å². The van der Waals surface area contributed by atoms with Gasteiger partial charge in [0.05, 0.1) is 12.1 Å². The molecular weight excluding hydrogens is 510 g/mol. The molecule has 2 amide bonds. The quantitative estimate of drug-likeness (QED) is 0.326. The summed E-state index contributed by atoms with van der Waals surface area (Å²) in [7, 11) is 0. The van der Waals surface area contributed by atoms with Gasteiger partial charge >= 0.3 is 0 Å². The third-order valence-corrected chi connectivity index (χ3v) is 8.21. The van der Waals surface area contributed by atoms with Crippen molar-refractivity contribution in [3.05, 3.63) is 105 Å². The normalized spacial score (nSPS) is 16.2. The smallest absolute Gasteiger partial charge is 0.251 e. The lowest BCUT2D eigenvalue weighted by Gasteiger charge is -2.27. The van der Waals surface area contributed by atoms with Gasteiger partial charge in [-0.2, -0.15) is 0 Å². The molecule has 0 aromatic heterocycles. The van der Waals surface area contributed by atoms with Gasteiger partial charge in [-0.25, -0.2) is 0 Å². The molecule has 1 aliphatic heterocycles. The topological polar surface area (TPSA) is 90.5 Å². The first-order valence-corrected chi connectivity index (χ1v) is 15.0. The van der Waals surface area contributed by atoms with Crippen LogP contribution in [0.1, 0.15) is 87.7 Å². The average Bonchev–Trinajstić information content (AvgIpc) is 2.95. The molecule has 41 heavy (non-hydrogen) atoms. The van der Waals surface area contributed by atoms with E-state index in [1.165, 1.54) is 24.0 Å². The van der Waals surface area contributed by atoms with Crippen LogP contribution >= 0.6 is 0 Å². The number of rotatable bonds is 8. The summed E-state index contributed by atoms with van der Waals surface area (Å²) in [6, 6.07) is 19.4. The lowest BCUT2D eigenvalue weighted by molar-refractivity contribution is 0.0825. The summed E-state index contributed by atoms with van der Waals surface area (Å²) in [5.74, 6) is -0.329. The molecule has 0 spiro atoms. The van der Waals surface area contributed by atoms with Gasteiger partial charge in [-0.3, -0.25) is 9.59 Å². The molecule has 0 fully saturated rings. The van der Waals surface area contributed by atoms with Gasteiger partial charge in [0.1, 0.15) is 0 Å². The van der Waals surface area contributed by atoms with E-state index in [4.69, 9.17) is 0 Å². The van der Waals surface area contributed by atoms with Crippen LogP contribution in [0.3, 0.4) is 0 Å². The first kappa shape index (κ1) is 29.0. The van der Waals surface area contributed by atoms with Crippen molar-refractivity contribution in [1.29, 1.82) is 0 Å². The van der Waals surface area contributed by atoms with Crippen LogP contribution in [0.2, 0.25) is 0 Å². The highest BCUT2D eigenvalue weighted by molar-refractivity contribution is 5.97. The summed E-state index contributed by atoms with van der Waals surface area (Å²) < 4.78 is 0. The lowest BCUT2D eigenvalue weighted by Crippen LogP contribution is -2.46. The fourth-order valence-electron chi connectivity index (χ4n) is 6.14. The zero-order chi connectivity index (χ0) is 29.0. The standard InChI is InChI=1S/C35H43N3O3/c1-35(2,3)38-34(41)29-13-7-6-11-26(29)21-32(39)31(20-23-15-16-24-9-4-5-10-25(24)19-23)37-33(40)30-14-8-12-27-22-36-18-17-28(27)30/h6-8,11-16,19,31-32,36,39H,4-5,9-10,17-18,20-22H2,1-3H3,(H,37,40)(H,38,41)/t31-,32+/m0/s1. The Kier molecular flexibility index (Phi) is 8.91. The highest BCUT2D eigenvalue weighted by atomic mass is 16.3. The molecule has 2 aliphatic rings. The fourth-order valence-corrected chi connectivity index (χ4v) is 6.14. The van der Waals surface area contributed by atoms with E-state index < -0.39 is 12.1 Å². The van der Waals surface area contributed by atoms with E-state index in [9.17, 15) is 14.7 Å². The molecule has 0 unspecified atom stereocenters. The van der Waals surface area contributed by atoms with Crippen LogP contribution in [-0.4, -0.2) is 41.2 Å². The highest BCUT2D eigenvalue weighted by Gasteiger charge is 2.27. The van der Waals surface area contributed by atoms with E-state index >= 15 is 0 Å². The predicted octanol–water partition coefficient (Wildman–Crippen LogP) is 4.68. The van der Waals surface area contributed by atoms with Gasteiger partial charge in [0.2, 0.25) is 0 Å². The molecule has 4 N–H and O–H groups in total. The first-order valence-electron chi connectivity index (χ1n) is 15.0. The molecule has 0 radical (unpaired) electrons. The zero-order valence-electron chi connectivity index (χ0n) is 24.6. The van der Waals surface area contributed by atoms with E-state index in [0.717, 1.165) is 54.6 Å². The summed E-state index contributed by atoms with van der Waals surface area (Å²) in [5, 5.41) is 21.3. The monoisotopic (exact) mass is 553 g/mol. The number of aryl methyl sites for hydroxylation is 2. The van der Waals surface area contributed by atoms with Crippen molar-refractivity contribution in [3.8, 4) is 0 Å². The largest absolute Gasteiger partial charge is 0.391 e. The Balaban J connectivity index is 1.42. The molecule has 3 aromatic rings. The molecule has 0 saturated heterocycles. The number of aliphatic hydroxyl groups is 1. The van der Waals surface area contributed by atoms with Gasteiger partial charge in [-0.05, 0) is 111 Å². The number of benzene rings is 3. The molecule has 5 rings (SSSR count). The second kappa shape index (κ2) is 12.6. The molecule has 0 bridgehead atoms. The maximum absolute atomic E-state index is 13.7. The minimum Gasteiger partial charge on any atom is -0.391 e. The molecular formula is C35H43N3O3. The van der Waals surface area contributed by atoms with Crippen molar-refractivity contribution in [2.75, 3.05) is 6.54 Å². The Morgan fingerprint density at radius 2 is 1.61 bits per heavy atom. The second-order valence-electron chi connectivity index (χ2n) is 12.6. The van der Waals surface area contributed by atoms with Crippen molar-refractivity contribution in [1.82, 2.24) is 16.0 Å². The Labute approximate surface area is 244 Å². The summed E-state index contributed by atoms with van der Waals surface area (Å²) in [6.07, 6.45) is 5.27. The molecule has 6 heteroatoms. The number of fused-ring (bicyclic) bond motifs is 2. The van der Waals surface area contributed by atoms with Crippen LogP contribution in [0.25, 0.3) is 0 Å². The van der Waals surface area contributed by atoms with Crippen LogP contribution in [0.4, 0.5) is 0 Å².